The van der Waals surface area contributed by atoms with Gasteiger partial charge in [-0.15, -0.1) is 22.7 Å². The molecule has 6 heterocycles. The summed E-state index contributed by atoms with van der Waals surface area (Å²) < 4.78 is 9.69. The Hall–Kier alpha value is -7.12. The molecule has 1 aliphatic rings. The van der Waals surface area contributed by atoms with E-state index in [1.165, 1.54) is 85.4 Å². The Balaban J connectivity index is 1.13. The highest BCUT2D eigenvalue weighted by molar-refractivity contribution is 7.26. The number of hydrogen-bond acceptors (Lipinski definition) is 4. The van der Waals surface area contributed by atoms with E-state index in [9.17, 15) is 0 Å². The maximum Gasteiger partial charge on any atom is 0.235 e. The summed E-state index contributed by atoms with van der Waals surface area (Å²) in [6.07, 6.45) is 0. The fraction of sp³-hybridized carbons (Fsp3) is 0. The van der Waals surface area contributed by atoms with Gasteiger partial charge in [0.15, 0.2) is 0 Å². The average Bonchev–Trinajstić information content (AvgIpc) is 4.01. The molecule has 4 nitrogen and oxygen atoms in total. The van der Waals surface area contributed by atoms with Crippen LogP contribution in [0, 0.1) is 0 Å². The van der Waals surface area contributed by atoms with Gasteiger partial charge >= 0.3 is 0 Å². The van der Waals surface area contributed by atoms with Crippen molar-refractivity contribution in [1.82, 2.24) is 19.1 Å². The van der Waals surface area contributed by atoms with Crippen LogP contribution in [-0.4, -0.2) is 19.1 Å². The molecule has 8 aromatic carbocycles. The van der Waals surface area contributed by atoms with Gasteiger partial charge in [0, 0.05) is 68.5 Å². The zero-order valence-corrected chi connectivity index (χ0v) is 32.4. The molecule has 0 spiro atoms. The van der Waals surface area contributed by atoms with Crippen LogP contribution in [0.5, 0.6) is 0 Å². The fourth-order valence-electron chi connectivity index (χ4n) is 9.89. The molecule has 58 heavy (non-hydrogen) atoms. The van der Waals surface area contributed by atoms with Crippen molar-refractivity contribution in [2.75, 3.05) is 0 Å². The third-order valence-corrected chi connectivity index (χ3v) is 14.6. The maximum atomic E-state index is 5.66. The van der Waals surface area contributed by atoms with E-state index in [1.54, 1.807) is 11.3 Å². The molecule has 0 saturated carbocycles. The summed E-state index contributed by atoms with van der Waals surface area (Å²) in [6, 6.07) is 62.1. The van der Waals surface area contributed by atoms with E-state index >= 15 is 0 Å². The maximum absolute atomic E-state index is 5.66. The summed E-state index contributed by atoms with van der Waals surface area (Å²) in [6.45, 7) is 0. The van der Waals surface area contributed by atoms with Crippen molar-refractivity contribution in [3.05, 3.63) is 170 Å². The monoisotopic (exact) mass is 772 g/mol. The van der Waals surface area contributed by atoms with Gasteiger partial charge in [-0.2, -0.15) is 0 Å². The lowest BCUT2D eigenvalue weighted by molar-refractivity contribution is 1.02. The molecular formula is C52H28N4S2. The van der Waals surface area contributed by atoms with Gasteiger partial charge in [0.2, 0.25) is 5.95 Å². The predicted molar refractivity (Wildman–Crippen MR) is 246 cm³/mol. The van der Waals surface area contributed by atoms with Crippen molar-refractivity contribution in [3.63, 3.8) is 0 Å². The normalized spacial score (nSPS) is 12.5. The molecule has 0 radical (unpaired) electrons. The Morgan fingerprint density at radius 2 is 0.966 bits per heavy atom. The molecule has 6 heteroatoms. The van der Waals surface area contributed by atoms with Crippen LogP contribution in [0.4, 0.5) is 0 Å². The number of fused-ring (bicyclic) bond motifs is 17. The Labute approximate surface area is 339 Å². The van der Waals surface area contributed by atoms with Gasteiger partial charge < -0.3 is 4.57 Å². The zero-order valence-electron chi connectivity index (χ0n) is 30.8. The molecule has 5 aromatic heterocycles. The number of para-hydroxylation sites is 3. The van der Waals surface area contributed by atoms with Crippen LogP contribution in [0.2, 0.25) is 0 Å². The first-order valence-corrected chi connectivity index (χ1v) is 21.2. The first-order chi connectivity index (χ1) is 28.8. The minimum absolute atomic E-state index is 0.679. The van der Waals surface area contributed by atoms with E-state index in [1.807, 2.05) is 11.3 Å². The highest BCUT2D eigenvalue weighted by Gasteiger charge is 2.27. The summed E-state index contributed by atoms with van der Waals surface area (Å²) in [4.78, 5) is 11.2. The molecule has 13 aromatic rings. The lowest BCUT2D eigenvalue weighted by atomic mass is 9.94. The standard InChI is InChI=1S/C52H28N4S2/c1-2-14-30-29(13-1)31-15-3-7-22-40(31)55-42-27-38-32-16-4-8-23-41(32)56(43(38)28-39(42)34-20-11-19-33(30)50(34)55)52-53-48-36-18-6-10-25-45(36)58-51(48)49(54-52)37-21-12-26-46-47(37)35-17-5-9-24-44(35)57-46/h1-28H. The third kappa shape index (κ3) is 3.98. The number of nitrogens with zero attached hydrogens (tertiary/aromatic N) is 4. The van der Waals surface area contributed by atoms with Crippen LogP contribution in [0.15, 0.2) is 170 Å². The Kier molecular flexibility index (Phi) is 6.02. The van der Waals surface area contributed by atoms with Crippen molar-refractivity contribution >= 4 is 107 Å². The van der Waals surface area contributed by atoms with Crippen LogP contribution in [-0.2, 0) is 0 Å². The number of aromatic nitrogens is 4. The second-order valence-electron chi connectivity index (χ2n) is 15.3. The second kappa shape index (κ2) is 11.3. The van der Waals surface area contributed by atoms with Gasteiger partial charge in [0.05, 0.1) is 43.7 Å². The number of rotatable bonds is 2. The number of hydrogen-bond donors (Lipinski definition) is 0. The van der Waals surface area contributed by atoms with Crippen molar-refractivity contribution in [2.24, 2.45) is 0 Å². The van der Waals surface area contributed by atoms with E-state index in [-0.39, 0.29) is 0 Å². The van der Waals surface area contributed by atoms with Gasteiger partial charge in [-0.1, -0.05) is 127 Å². The van der Waals surface area contributed by atoms with Crippen molar-refractivity contribution in [1.29, 1.82) is 0 Å². The van der Waals surface area contributed by atoms with E-state index in [0.29, 0.717) is 5.95 Å². The lowest BCUT2D eigenvalue weighted by Crippen LogP contribution is -2.03. The second-order valence-corrected chi connectivity index (χ2v) is 17.4. The van der Waals surface area contributed by atoms with Crippen LogP contribution < -0.4 is 0 Å². The van der Waals surface area contributed by atoms with Gasteiger partial charge in [0.1, 0.15) is 0 Å². The molecule has 0 atom stereocenters. The van der Waals surface area contributed by atoms with Gasteiger partial charge in [-0.25, -0.2) is 9.97 Å². The summed E-state index contributed by atoms with van der Waals surface area (Å²) in [7, 11) is 0. The topological polar surface area (TPSA) is 35.6 Å². The lowest BCUT2D eigenvalue weighted by Gasteiger charge is -2.13. The van der Waals surface area contributed by atoms with Gasteiger partial charge in [0.25, 0.3) is 0 Å². The highest BCUT2D eigenvalue weighted by Crippen LogP contribution is 2.49. The van der Waals surface area contributed by atoms with E-state index in [4.69, 9.17) is 9.97 Å². The Morgan fingerprint density at radius 1 is 0.379 bits per heavy atom. The minimum atomic E-state index is 0.679. The first kappa shape index (κ1) is 31.0. The third-order valence-electron chi connectivity index (χ3n) is 12.3. The quantitative estimate of drug-likeness (QED) is 0.175. The molecule has 0 bridgehead atoms. The zero-order chi connectivity index (χ0) is 37.6. The summed E-state index contributed by atoms with van der Waals surface area (Å²) in [5.74, 6) is 0.679. The molecule has 0 saturated heterocycles. The van der Waals surface area contributed by atoms with E-state index in [2.05, 4.69) is 179 Å². The van der Waals surface area contributed by atoms with Crippen LogP contribution in [0.25, 0.3) is 129 Å². The molecule has 0 fully saturated rings. The predicted octanol–water partition coefficient (Wildman–Crippen LogP) is 14.7. The van der Waals surface area contributed by atoms with Gasteiger partial charge in [-0.3, -0.25) is 4.57 Å². The van der Waals surface area contributed by atoms with Crippen LogP contribution in [0.3, 0.4) is 0 Å². The molecule has 0 aliphatic carbocycles. The van der Waals surface area contributed by atoms with Crippen LogP contribution in [0.1, 0.15) is 0 Å². The highest BCUT2D eigenvalue weighted by atomic mass is 32.1. The van der Waals surface area contributed by atoms with Gasteiger partial charge in [-0.05, 0) is 53.6 Å². The Morgan fingerprint density at radius 3 is 1.83 bits per heavy atom. The molecule has 14 rings (SSSR count). The largest absolute Gasteiger partial charge is 0.308 e. The molecular weight excluding hydrogens is 745 g/mol. The van der Waals surface area contributed by atoms with Crippen LogP contribution >= 0.6 is 22.7 Å². The smallest absolute Gasteiger partial charge is 0.235 e. The number of thiophene rings is 2. The fourth-order valence-corrected chi connectivity index (χ4v) is 12.2. The average molecular weight is 773 g/mol. The SMILES string of the molecule is c1ccc2c(c1)-c1ccccc1-n1c3cc4c5ccccc5n(-c5nc(-c6cccc7sc8ccccc8c67)c6sc7ccccc7c6n5)c4cc3c3cccc-2c31. The minimum Gasteiger partial charge on any atom is -0.308 e. The molecule has 1 aliphatic heterocycles. The molecule has 268 valence electrons. The first-order valence-electron chi connectivity index (χ1n) is 19.6. The van der Waals surface area contributed by atoms with Crippen molar-refractivity contribution < 1.29 is 0 Å². The van der Waals surface area contributed by atoms with Crippen molar-refractivity contribution in [3.8, 4) is 45.1 Å². The summed E-state index contributed by atoms with van der Waals surface area (Å²) in [5, 5.41) is 8.46. The van der Waals surface area contributed by atoms with E-state index in [0.717, 1.165) is 37.9 Å². The van der Waals surface area contributed by atoms with E-state index < -0.39 is 0 Å². The molecule has 0 unspecified atom stereocenters. The van der Waals surface area contributed by atoms with Crippen molar-refractivity contribution in [2.45, 2.75) is 0 Å². The summed E-state index contributed by atoms with van der Waals surface area (Å²) in [5.41, 5.74) is 13.9. The Bertz CT molecular complexity index is 3930. The molecule has 0 amide bonds. The number of benzene rings is 8. The molecule has 0 N–H and O–H groups in total. The summed E-state index contributed by atoms with van der Waals surface area (Å²) >= 11 is 3.63.